The standard InChI is InChI=1S/C16H24O/c1-5-6-12-16(13-17-4,14(2)3)15-10-8-7-9-11-15/h5,7-11,14H,1,6,12-13H2,2-4H3. The van der Waals surface area contributed by atoms with Gasteiger partial charge in [-0.05, 0) is 24.3 Å². The number of benzene rings is 1. The zero-order valence-corrected chi connectivity index (χ0v) is 11.3. The van der Waals surface area contributed by atoms with Crippen molar-refractivity contribution in [3.05, 3.63) is 48.6 Å². The summed E-state index contributed by atoms with van der Waals surface area (Å²) in [5.74, 6) is 0.546. The molecule has 1 heteroatoms. The van der Waals surface area contributed by atoms with Gasteiger partial charge in [0.25, 0.3) is 0 Å². The average Bonchev–Trinajstić information content (AvgIpc) is 2.35. The van der Waals surface area contributed by atoms with Crippen molar-refractivity contribution in [2.24, 2.45) is 5.92 Å². The molecule has 0 fully saturated rings. The number of methoxy groups -OCH3 is 1. The lowest BCUT2D eigenvalue weighted by Gasteiger charge is -2.37. The van der Waals surface area contributed by atoms with Gasteiger partial charge in [-0.2, -0.15) is 0 Å². The van der Waals surface area contributed by atoms with Crippen LogP contribution in [0.5, 0.6) is 0 Å². The highest BCUT2D eigenvalue weighted by Gasteiger charge is 2.34. The SMILES string of the molecule is C=CCCC(COC)(c1ccccc1)C(C)C. The molecule has 0 amide bonds. The van der Waals surface area contributed by atoms with Crippen LogP contribution in [0.4, 0.5) is 0 Å². The van der Waals surface area contributed by atoms with Crippen LogP contribution < -0.4 is 0 Å². The Bertz CT molecular complexity index is 329. The van der Waals surface area contributed by atoms with Crippen molar-refractivity contribution in [1.82, 2.24) is 0 Å². The molecule has 0 bridgehead atoms. The fraction of sp³-hybridized carbons (Fsp3) is 0.500. The number of allylic oxidation sites excluding steroid dienone is 1. The van der Waals surface area contributed by atoms with Crippen molar-refractivity contribution >= 4 is 0 Å². The molecule has 0 heterocycles. The van der Waals surface area contributed by atoms with Crippen LogP contribution in [0.1, 0.15) is 32.3 Å². The summed E-state index contributed by atoms with van der Waals surface area (Å²) in [5, 5.41) is 0. The van der Waals surface area contributed by atoms with Gasteiger partial charge in [0.05, 0.1) is 6.61 Å². The Labute approximate surface area is 106 Å². The molecule has 17 heavy (non-hydrogen) atoms. The van der Waals surface area contributed by atoms with Gasteiger partial charge in [0, 0.05) is 12.5 Å². The van der Waals surface area contributed by atoms with Crippen LogP contribution in [-0.2, 0) is 10.2 Å². The molecule has 1 atom stereocenters. The highest BCUT2D eigenvalue weighted by molar-refractivity contribution is 5.26. The van der Waals surface area contributed by atoms with E-state index >= 15 is 0 Å². The summed E-state index contributed by atoms with van der Waals surface area (Å²) in [6.07, 6.45) is 4.11. The quantitative estimate of drug-likeness (QED) is 0.640. The molecular weight excluding hydrogens is 208 g/mol. The first-order valence-electron chi connectivity index (χ1n) is 6.32. The number of ether oxygens (including phenoxy) is 1. The molecule has 1 aromatic carbocycles. The van der Waals surface area contributed by atoms with E-state index in [1.807, 2.05) is 6.08 Å². The second-order valence-electron chi connectivity index (χ2n) is 4.94. The first-order chi connectivity index (χ1) is 8.17. The van der Waals surface area contributed by atoms with E-state index in [4.69, 9.17) is 4.74 Å². The first kappa shape index (κ1) is 14.0. The minimum Gasteiger partial charge on any atom is -0.384 e. The van der Waals surface area contributed by atoms with Crippen molar-refractivity contribution in [1.29, 1.82) is 0 Å². The van der Waals surface area contributed by atoms with Crippen LogP contribution in [-0.4, -0.2) is 13.7 Å². The molecule has 0 aromatic heterocycles. The van der Waals surface area contributed by atoms with Gasteiger partial charge in [-0.15, -0.1) is 6.58 Å². The second-order valence-corrected chi connectivity index (χ2v) is 4.94. The van der Waals surface area contributed by atoms with E-state index in [0.29, 0.717) is 5.92 Å². The predicted molar refractivity (Wildman–Crippen MR) is 74.3 cm³/mol. The third kappa shape index (κ3) is 3.19. The molecular formula is C16H24O. The van der Waals surface area contributed by atoms with Gasteiger partial charge < -0.3 is 4.74 Å². The molecule has 0 radical (unpaired) electrons. The third-order valence-corrected chi connectivity index (χ3v) is 3.65. The van der Waals surface area contributed by atoms with Crippen LogP contribution in [0.3, 0.4) is 0 Å². The first-order valence-corrected chi connectivity index (χ1v) is 6.32. The van der Waals surface area contributed by atoms with Gasteiger partial charge in [0.1, 0.15) is 0 Å². The summed E-state index contributed by atoms with van der Waals surface area (Å²) < 4.78 is 5.49. The normalized spacial score (nSPS) is 14.6. The lowest BCUT2D eigenvalue weighted by molar-refractivity contribution is 0.0945. The van der Waals surface area contributed by atoms with Gasteiger partial charge >= 0.3 is 0 Å². The van der Waals surface area contributed by atoms with Crippen LogP contribution >= 0.6 is 0 Å². The highest BCUT2D eigenvalue weighted by atomic mass is 16.5. The fourth-order valence-corrected chi connectivity index (χ4v) is 2.48. The second kappa shape index (κ2) is 6.61. The Balaban J connectivity index is 3.09. The maximum absolute atomic E-state index is 5.49. The third-order valence-electron chi connectivity index (χ3n) is 3.65. The largest absolute Gasteiger partial charge is 0.384 e. The van der Waals surface area contributed by atoms with Gasteiger partial charge in [-0.3, -0.25) is 0 Å². The van der Waals surface area contributed by atoms with E-state index in [-0.39, 0.29) is 5.41 Å². The molecule has 94 valence electrons. The van der Waals surface area contributed by atoms with E-state index in [1.165, 1.54) is 5.56 Å². The van der Waals surface area contributed by atoms with Crippen LogP contribution in [0.2, 0.25) is 0 Å². The van der Waals surface area contributed by atoms with Crippen LogP contribution in [0.25, 0.3) is 0 Å². The predicted octanol–water partition coefficient (Wildman–Crippen LogP) is 4.19. The Hall–Kier alpha value is -1.08. The Morgan fingerprint density at radius 3 is 2.41 bits per heavy atom. The molecule has 0 saturated heterocycles. The summed E-state index contributed by atoms with van der Waals surface area (Å²) in [6.45, 7) is 9.15. The number of hydrogen-bond donors (Lipinski definition) is 0. The monoisotopic (exact) mass is 232 g/mol. The summed E-state index contributed by atoms with van der Waals surface area (Å²) >= 11 is 0. The van der Waals surface area contributed by atoms with Gasteiger partial charge in [-0.1, -0.05) is 50.3 Å². The van der Waals surface area contributed by atoms with E-state index < -0.39 is 0 Å². The molecule has 0 aliphatic rings. The van der Waals surface area contributed by atoms with Crippen molar-refractivity contribution in [3.8, 4) is 0 Å². The zero-order valence-electron chi connectivity index (χ0n) is 11.3. The van der Waals surface area contributed by atoms with Crippen LogP contribution in [0, 0.1) is 5.92 Å². The molecule has 0 spiro atoms. The van der Waals surface area contributed by atoms with Crippen molar-refractivity contribution < 1.29 is 4.74 Å². The summed E-state index contributed by atoms with van der Waals surface area (Å²) in [6, 6.07) is 10.7. The molecule has 1 rings (SSSR count). The lowest BCUT2D eigenvalue weighted by Crippen LogP contribution is -2.37. The summed E-state index contributed by atoms with van der Waals surface area (Å²) in [5.41, 5.74) is 1.48. The maximum atomic E-state index is 5.49. The van der Waals surface area contributed by atoms with Gasteiger partial charge in [0.15, 0.2) is 0 Å². The molecule has 1 aromatic rings. The molecule has 1 unspecified atom stereocenters. The smallest absolute Gasteiger partial charge is 0.0561 e. The maximum Gasteiger partial charge on any atom is 0.0561 e. The number of hydrogen-bond acceptors (Lipinski definition) is 1. The minimum absolute atomic E-state index is 0.101. The Morgan fingerprint density at radius 1 is 1.29 bits per heavy atom. The summed E-state index contributed by atoms with van der Waals surface area (Å²) in [7, 11) is 1.79. The van der Waals surface area contributed by atoms with E-state index in [1.54, 1.807) is 7.11 Å². The van der Waals surface area contributed by atoms with E-state index in [9.17, 15) is 0 Å². The molecule has 0 aliphatic carbocycles. The van der Waals surface area contributed by atoms with Gasteiger partial charge in [-0.25, -0.2) is 0 Å². The van der Waals surface area contributed by atoms with Crippen molar-refractivity contribution in [2.45, 2.75) is 32.1 Å². The van der Waals surface area contributed by atoms with E-state index in [0.717, 1.165) is 19.4 Å². The van der Waals surface area contributed by atoms with Crippen molar-refractivity contribution in [3.63, 3.8) is 0 Å². The zero-order chi connectivity index (χ0) is 12.7. The van der Waals surface area contributed by atoms with Gasteiger partial charge in [0.2, 0.25) is 0 Å². The average molecular weight is 232 g/mol. The molecule has 0 aliphatic heterocycles. The number of rotatable bonds is 7. The van der Waals surface area contributed by atoms with Crippen molar-refractivity contribution in [2.75, 3.05) is 13.7 Å². The van der Waals surface area contributed by atoms with E-state index in [2.05, 4.69) is 50.8 Å². The van der Waals surface area contributed by atoms with Crippen LogP contribution in [0.15, 0.2) is 43.0 Å². The molecule has 0 saturated carbocycles. The Kier molecular flexibility index (Phi) is 5.43. The molecule has 0 N–H and O–H groups in total. The summed E-state index contributed by atoms with van der Waals surface area (Å²) in [4.78, 5) is 0. The topological polar surface area (TPSA) is 9.23 Å². The fourth-order valence-electron chi connectivity index (χ4n) is 2.48. The highest BCUT2D eigenvalue weighted by Crippen LogP contribution is 2.37. The minimum atomic E-state index is 0.101. The molecule has 1 nitrogen and oxygen atoms in total. The Morgan fingerprint density at radius 2 is 1.94 bits per heavy atom. The lowest BCUT2D eigenvalue weighted by atomic mass is 9.69.